The number of nitrogens with one attached hydrogen (secondary N) is 1. The number of unbranched alkanes of at least 4 members (excludes halogenated alkanes) is 1. The van der Waals surface area contributed by atoms with Gasteiger partial charge in [-0.1, -0.05) is 36.4 Å². The number of benzene rings is 1. The van der Waals surface area contributed by atoms with E-state index in [0.717, 1.165) is 11.1 Å². The molecule has 29 heavy (non-hydrogen) atoms. The number of pyridine rings is 1. The van der Waals surface area contributed by atoms with E-state index in [1.807, 2.05) is 42.5 Å². The summed E-state index contributed by atoms with van der Waals surface area (Å²) in [5, 5.41) is 2.81. The molecule has 1 aliphatic heterocycles. The van der Waals surface area contributed by atoms with Crippen LogP contribution in [0.3, 0.4) is 0 Å². The maximum Gasteiger partial charge on any atom is 0.243 e. The fourth-order valence-electron chi connectivity index (χ4n) is 3.38. The minimum absolute atomic E-state index is 0.106. The van der Waals surface area contributed by atoms with E-state index in [-0.39, 0.29) is 23.6 Å². The zero-order valence-corrected chi connectivity index (χ0v) is 16.3. The highest BCUT2D eigenvalue weighted by Crippen LogP contribution is 2.28. The fraction of sp³-hybridized carbons (Fsp3) is 0.304. The average molecular weight is 391 g/mol. The van der Waals surface area contributed by atoms with Crippen molar-refractivity contribution >= 4 is 23.8 Å². The molecule has 1 aromatic heterocycles. The number of aromatic nitrogens is 1. The van der Waals surface area contributed by atoms with Crippen molar-refractivity contribution in [1.29, 1.82) is 0 Å². The largest absolute Gasteiger partial charge is 0.353 e. The van der Waals surface area contributed by atoms with Gasteiger partial charge in [0, 0.05) is 38.0 Å². The second-order valence-electron chi connectivity index (χ2n) is 7.00. The second kappa shape index (κ2) is 10.3. The molecule has 0 spiro atoms. The summed E-state index contributed by atoms with van der Waals surface area (Å²) < 4.78 is 0. The minimum Gasteiger partial charge on any atom is -0.353 e. The van der Waals surface area contributed by atoms with Crippen molar-refractivity contribution in [2.45, 2.75) is 31.6 Å². The van der Waals surface area contributed by atoms with Crippen molar-refractivity contribution < 1.29 is 14.4 Å². The van der Waals surface area contributed by atoms with Gasteiger partial charge in [0.15, 0.2) is 0 Å². The number of nitrogens with zero attached hydrogens (tertiary/aromatic N) is 2. The van der Waals surface area contributed by atoms with Gasteiger partial charge in [0.2, 0.25) is 17.7 Å². The molecule has 1 atom stereocenters. The van der Waals surface area contributed by atoms with E-state index in [9.17, 15) is 14.4 Å². The lowest BCUT2D eigenvalue weighted by Crippen LogP contribution is -2.44. The van der Waals surface area contributed by atoms with Crippen molar-refractivity contribution in [1.82, 2.24) is 15.2 Å². The standard InChI is InChI=1S/C23H25N3O3/c27-21(12-10-18-7-6-14-24-17-18)25-15-4-5-16-26-22(28)13-11-20(23(26)29)19-8-2-1-3-9-19/h1-3,6-10,12,14,17,20H,4-5,11,13,15-16H2,(H,25,27)/b12-10-. The van der Waals surface area contributed by atoms with E-state index >= 15 is 0 Å². The topological polar surface area (TPSA) is 79.4 Å². The number of imide groups is 1. The Morgan fingerprint density at radius 1 is 1.14 bits per heavy atom. The van der Waals surface area contributed by atoms with E-state index in [0.29, 0.717) is 38.8 Å². The quantitative estimate of drug-likeness (QED) is 0.426. The summed E-state index contributed by atoms with van der Waals surface area (Å²) in [6, 6.07) is 13.3. The Balaban J connectivity index is 1.41. The average Bonchev–Trinajstić information content (AvgIpc) is 2.75. The molecule has 2 aromatic rings. The summed E-state index contributed by atoms with van der Waals surface area (Å²) in [4.78, 5) is 42.2. The molecule has 1 aliphatic rings. The van der Waals surface area contributed by atoms with Gasteiger partial charge >= 0.3 is 0 Å². The molecule has 0 aliphatic carbocycles. The Morgan fingerprint density at radius 2 is 1.97 bits per heavy atom. The molecule has 2 heterocycles. The molecule has 0 bridgehead atoms. The number of rotatable bonds is 8. The Morgan fingerprint density at radius 3 is 2.72 bits per heavy atom. The van der Waals surface area contributed by atoms with Gasteiger partial charge in [-0.05, 0) is 42.5 Å². The van der Waals surface area contributed by atoms with Crippen LogP contribution >= 0.6 is 0 Å². The SMILES string of the molecule is O=C(/C=C\c1cccnc1)NCCCCN1C(=O)CCC(c2ccccc2)C1=O. The van der Waals surface area contributed by atoms with Crippen molar-refractivity contribution in [2.24, 2.45) is 0 Å². The molecule has 6 heteroatoms. The van der Waals surface area contributed by atoms with Gasteiger partial charge in [0.25, 0.3) is 0 Å². The Kier molecular flexibility index (Phi) is 7.28. The zero-order chi connectivity index (χ0) is 20.5. The number of likely N-dealkylation sites (tertiary alicyclic amines) is 1. The summed E-state index contributed by atoms with van der Waals surface area (Å²) >= 11 is 0. The summed E-state index contributed by atoms with van der Waals surface area (Å²) in [6.07, 6.45) is 8.84. The van der Waals surface area contributed by atoms with Crippen molar-refractivity contribution in [3.63, 3.8) is 0 Å². The molecule has 1 aromatic carbocycles. The van der Waals surface area contributed by atoms with Gasteiger partial charge in [-0.15, -0.1) is 0 Å². The lowest BCUT2D eigenvalue weighted by atomic mass is 9.89. The Hall–Kier alpha value is -3.28. The Labute approximate surface area is 170 Å². The predicted molar refractivity (Wildman–Crippen MR) is 111 cm³/mol. The van der Waals surface area contributed by atoms with Gasteiger partial charge < -0.3 is 5.32 Å². The highest BCUT2D eigenvalue weighted by Gasteiger charge is 2.34. The molecule has 150 valence electrons. The maximum absolute atomic E-state index is 12.7. The molecule has 6 nitrogen and oxygen atoms in total. The van der Waals surface area contributed by atoms with Crippen LogP contribution < -0.4 is 5.32 Å². The van der Waals surface area contributed by atoms with Gasteiger partial charge in [0.05, 0.1) is 5.92 Å². The molecule has 1 unspecified atom stereocenters. The first-order valence-corrected chi connectivity index (χ1v) is 9.90. The van der Waals surface area contributed by atoms with E-state index in [4.69, 9.17) is 0 Å². The van der Waals surface area contributed by atoms with Crippen LogP contribution in [0.5, 0.6) is 0 Å². The third-order valence-electron chi connectivity index (χ3n) is 4.93. The Bertz CT molecular complexity index is 865. The summed E-state index contributed by atoms with van der Waals surface area (Å²) in [7, 11) is 0. The van der Waals surface area contributed by atoms with Gasteiger partial charge in [0.1, 0.15) is 0 Å². The third kappa shape index (κ3) is 5.85. The van der Waals surface area contributed by atoms with Crippen LogP contribution in [0.1, 0.15) is 42.7 Å². The van der Waals surface area contributed by atoms with Crippen LogP contribution in [-0.2, 0) is 14.4 Å². The lowest BCUT2D eigenvalue weighted by molar-refractivity contribution is -0.149. The van der Waals surface area contributed by atoms with Crippen LogP contribution in [0.4, 0.5) is 0 Å². The van der Waals surface area contributed by atoms with Crippen LogP contribution in [0.2, 0.25) is 0 Å². The molecule has 1 saturated heterocycles. The van der Waals surface area contributed by atoms with Crippen molar-refractivity contribution in [2.75, 3.05) is 13.1 Å². The lowest BCUT2D eigenvalue weighted by Gasteiger charge is -2.31. The van der Waals surface area contributed by atoms with E-state index < -0.39 is 0 Å². The van der Waals surface area contributed by atoms with E-state index in [2.05, 4.69) is 10.3 Å². The maximum atomic E-state index is 12.7. The first-order chi connectivity index (χ1) is 14.1. The second-order valence-corrected chi connectivity index (χ2v) is 7.00. The van der Waals surface area contributed by atoms with Gasteiger partial charge in [-0.25, -0.2) is 0 Å². The molecule has 0 saturated carbocycles. The van der Waals surface area contributed by atoms with Crippen molar-refractivity contribution in [3.8, 4) is 0 Å². The van der Waals surface area contributed by atoms with E-state index in [1.165, 1.54) is 11.0 Å². The number of hydrogen-bond donors (Lipinski definition) is 1. The summed E-state index contributed by atoms with van der Waals surface area (Å²) in [5.74, 6) is -0.643. The monoisotopic (exact) mass is 391 g/mol. The molecule has 3 rings (SSSR count). The van der Waals surface area contributed by atoms with Crippen LogP contribution in [0.25, 0.3) is 6.08 Å². The summed E-state index contributed by atoms with van der Waals surface area (Å²) in [5.41, 5.74) is 1.82. The minimum atomic E-state index is -0.244. The number of hydrogen-bond acceptors (Lipinski definition) is 4. The smallest absolute Gasteiger partial charge is 0.243 e. The molecular weight excluding hydrogens is 366 g/mol. The predicted octanol–water partition coefficient (Wildman–Crippen LogP) is 2.92. The first-order valence-electron chi connectivity index (χ1n) is 9.90. The van der Waals surface area contributed by atoms with E-state index in [1.54, 1.807) is 18.5 Å². The van der Waals surface area contributed by atoms with Crippen molar-refractivity contribution in [3.05, 3.63) is 72.1 Å². The van der Waals surface area contributed by atoms with Crippen LogP contribution in [-0.4, -0.2) is 40.7 Å². The van der Waals surface area contributed by atoms with Crippen LogP contribution in [0.15, 0.2) is 60.9 Å². The molecule has 0 radical (unpaired) electrons. The molecule has 1 N–H and O–H groups in total. The zero-order valence-electron chi connectivity index (χ0n) is 16.3. The number of amides is 3. The number of carbonyl (C=O) groups is 3. The van der Waals surface area contributed by atoms with Gasteiger partial charge in [-0.3, -0.25) is 24.3 Å². The first kappa shape index (κ1) is 20.5. The highest BCUT2D eigenvalue weighted by molar-refractivity contribution is 6.01. The molecular formula is C23H25N3O3. The molecule has 3 amide bonds. The third-order valence-corrected chi connectivity index (χ3v) is 4.93. The highest BCUT2D eigenvalue weighted by atomic mass is 16.2. The summed E-state index contributed by atoms with van der Waals surface area (Å²) in [6.45, 7) is 0.886. The fourth-order valence-corrected chi connectivity index (χ4v) is 3.38. The van der Waals surface area contributed by atoms with Crippen LogP contribution in [0, 0.1) is 0 Å². The van der Waals surface area contributed by atoms with Gasteiger partial charge in [-0.2, -0.15) is 0 Å². The normalized spacial score (nSPS) is 17.0. The number of carbonyl (C=O) groups excluding carboxylic acids is 3. The molecule has 1 fully saturated rings. The number of piperidine rings is 1.